The zero-order chi connectivity index (χ0) is 22.1. The highest BCUT2D eigenvalue weighted by atomic mass is 32.2. The van der Waals surface area contributed by atoms with E-state index in [0.29, 0.717) is 34.6 Å². The van der Waals surface area contributed by atoms with Crippen molar-refractivity contribution < 1.29 is 27.1 Å². The van der Waals surface area contributed by atoms with Gasteiger partial charge in [0.15, 0.2) is 11.5 Å². The molecule has 162 valence electrons. The van der Waals surface area contributed by atoms with Crippen molar-refractivity contribution in [2.24, 2.45) is 5.10 Å². The van der Waals surface area contributed by atoms with Gasteiger partial charge >= 0.3 is 0 Å². The maximum atomic E-state index is 14.0. The second kappa shape index (κ2) is 10.6. The van der Waals surface area contributed by atoms with Crippen molar-refractivity contribution in [2.75, 3.05) is 30.3 Å². The van der Waals surface area contributed by atoms with Crippen LogP contribution >= 0.6 is 0 Å². The van der Waals surface area contributed by atoms with Crippen LogP contribution in [0.15, 0.2) is 47.6 Å². The third-order valence-corrected chi connectivity index (χ3v) is 4.91. The standard InChI is InChI=1S/C20H24FN3O5S/c1-4-28-18-11-10-15(12-19(18)29-5-2)13-22-23-20(25)14-24(30(3,26)27)17-9-7-6-8-16(17)21/h6-13H,4-5,14H2,1-3H3,(H,23,25)/b22-13-. The van der Waals surface area contributed by atoms with Crippen molar-refractivity contribution in [2.45, 2.75) is 13.8 Å². The Morgan fingerprint density at radius 3 is 2.43 bits per heavy atom. The molecule has 0 aliphatic heterocycles. The average Bonchev–Trinajstić information content (AvgIpc) is 2.68. The molecule has 0 atom stereocenters. The first kappa shape index (κ1) is 23.1. The van der Waals surface area contributed by atoms with E-state index >= 15 is 0 Å². The first-order chi connectivity index (χ1) is 14.3. The molecule has 2 aromatic carbocycles. The monoisotopic (exact) mass is 437 g/mol. The number of hydrogen-bond donors (Lipinski definition) is 1. The summed E-state index contributed by atoms with van der Waals surface area (Å²) < 4.78 is 49.7. The molecule has 0 heterocycles. The Labute approximate surface area is 175 Å². The van der Waals surface area contributed by atoms with Crippen LogP contribution in [0.3, 0.4) is 0 Å². The SMILES string of the molecule is CCOc1ccc(/C=N\NC(=O)CN(c2ccccc2F)S(C)(=O)=O)cc1OCC. The van der Waals surface area contributed by atoms with Gasteiger partial charge in [-0.15, -0.1) is 0 Å². The van der Waals surface area contributed by atoms with Crippen LogP contribution in [-0.2, 0) is 14.8 Å². The Hall–Kier alpha value is -3.14. The van der Waals surface area contributed by atoms with E-state index in [1.807, 2.05) is 13.8 Å². The number of nitrogens with one attached hydrogen (secondary N) is 1. The van der Waals surface area contributed by atoms with Crippen LogP contribution in [-0.4, -0.2) is 46.6 Å². The fraction of sp³-hybridized carbons (Fsp3) is 0.300. The van der Waals surface area contributed by atoms with Crippen LogP contribution in [0.2, 0.25) is 0 Å². The number of anilines is 1. The summed E-state index contributed by atoms with van der Waals surface area (Å²) in [4.78, 5) is 12.2. The van der Waals surface area contributed by atoms with E-state index in [1.165, 1.54) is 24.4 Å². The number of hydrogen-bond acceptors (Lipinski definition) is 6. The van der Waals surface area contributed by atoms with Gasteiger partial charge in [-0.05, 0) is 49.7 Å². The number of carbonyl (C=O) groups is 1. The number of benzene rings is 2. The van der Waals surface area contributed by atoms with Crippen LogP contribution in [0, 0.1) is 5.82 Å². The average molecular weight is 437 g/mol. The topological polar surface area (TPSA) is 97.3 Å². The highest BCUT2D eigenvalue weighted by Crippen LogP contribution is 2.28. The summed E-state index contributed by atoms with van der Waals surface area (Å²) in [5.41, 5.74) is 2.66. The molecule has 1 N–H and O–H groups in total. The predicted octanol–water partition coefficient (Wildman–Crippen LogP) is 2.54. The highest BCUT2D eigenvalue weighted by molar-refractivity contribution is 7.92. The Morgan fingerprint density at radius 1 is 1.13 bits per heavy atom. The number of rotatable bonds is 10. The normalized spacial score (nSPS) is 11.3. The maximum absolute atomic E-state index is 14.0. The first-order valence-electron chi connectivity index (χ1n) is 9.20. The fourth-order valence-corrected chi connectivity index (χ4v) is 3.38. The van der Waals surface area contributed by atoms with Gasteiger partial charge in [-0.3, -0.25) is 9.10 Å². The summed E-state index contributed by atoms with van der Waals surface area (Å²) in [6, 6.07) is 10.5. The lowest BCUT2D eigenvalue weighted by Gasteiger charge is -2.21. The van der Waals surface area contributed by atoms with Crippen molar-refractivity contribution in [3.8, 4) is 11.5 Å². The number of hydrazone groups is 1. The van der Waals surface area contributed by atoms with Gasteiger partial charge in [0.25, 0.3) is 5.91 Å². The lowest BCUT2D eigenvalue weighted by molar-refractivity contribution is -0.119. The first-order valence-corrected chi connectivity index (χ1v) is 11.0. The molecule has 2 rings (SSSR count). The minimum atomic E-state index is -3.88. The molecule has 0 saturated carbocycles. The van der Waals surface area contributed by atoms with E-state index in [2.05, 4.69) is 10.5 Å². The highest BCUT2D eigenvalue weighted by Gasteiger charge is 2.23. The number of nitrogens with zero attached hydrogens (tertiary/aromatic N) is 2. The molecule has 10 heteroatoms. The van der Waals surface area contributed by atoms with Crippen LogP contribution in [0.4, 0.5) is 10.1 Å². The van der Waals surface area contributed by atoms with Gasteiger partial charge in [-0.1, -0.05) is 12.1 Å². The van der Waals surface area contributed by atoms with Crippen molar-refractivity contribution in [3.05, 3.63) is 53.8 Å². The van der Waals surface area contributed by atoms with Crippen molar-refractivity contribution in [3.63, 3.8) is 0 Å². The van der Waals surface area contributed by atoms with Crippen LogP contribution in [0.25, 0.3) is 0 Å². The van der Waals surface area contributed by atoms with Crippen LogP contribution in [0.5, 0.6) is 11.5 Å². The third-order valence-electron chi connectivity index (χ3n) is 3.78. The Morgan fingerprint density at radius 2 is 1.80 bits per heavy atom. The summed E-state index contributed by atoms with van der Waals surface area (Å²) >= 11 is 0. The Kier molecular flexibility index (Phi) is 8.16. The third kappa shape index (κ3) is 6.45. The molecule has 0 aliphatic carbocycles. The number of ether oxygens (including phenoxy) is 2. The second-order valence-corrected chi connectivity index (χ2v) is 7.99. The minimum absolute atomic E-state index is 0.216. The van der Waals surface area contributed by atoms with Gasteiger partial charge in [0.1, 0.15) is 12.4 Å². The molecular weight excluding hydrogens is 413 g/mol. The predicted molar refractivity (Wildman–Crippen MR) is 113 cm³/mol. The van der Waals surface area contributed by atoms with Crippen LogP contribution < -0.4 is 19.2 Å². The molecular formula is C20H24FN3O5S. The summed E-state index contributed by atoms with van der Waals surface area (Å²) in [6.07, 6.45) is 2.27. The van der Waals surface area contributed by atoms with E-state index < -0.39 is 28.3 Å². The molecule has 30 heavy (non-hydrogen) atoms. The van der Waals surface area contributed by atoms with Gasteiger partial charge in [0.05, 0.1) is 31.4 Å². The molecule has 0 saturated heterocycles. The summed E-state index contributed by atoms with van der Waals surface area (Å²) in [5, 5.41) is 3.83. The van der Waals surface area contributed by atoms with E-state index in [0.717, 1.165) is 12.3 Å². The molecule has 0 radical (unpaired) electrons. The summed E-state index contributed by atoms with van der Waals surface area (Å²) in [5.74, 6) is -0.348. The summed E-state index contributed by atoms with van der Waals surface area (Å²) in [7, 11) is -3.88. The van der Waals surface area contributed by atoms with Gasteiger partial charge in [0, 0.05) is 0 Å². The second-order valence-electron chi connectivity index (χ2n) is 6.09. The van der Waals surface area contributed by atoms with Crippen molar-refractivity contribution >= 4 is 27.8 Å². The quantitative estimate of drug-likeness (QED) is 0.455. The molecule has 0 bridgehead atoms. The lowest BCUT2D eigenvalue weighted by atomic mass is 10.2. The minimum Gasteiger partial charge on any atom is -0.490 e. The molecule has 0 fully saturated rings. The molecule has 8 nitrogen and oxygen atoms in total. The molecule has 1 amide bonds. The fourth-order valence-electron chi connectivity index (χ4n) is 2.53. The smallest absolute Gasteiger partial charge is 0.260 e. The van der Waals surface area contributed by atoms with Crippen molar-refractivity contribution in [1.29, 1.82) is 0 Å². The van der Waals surface area contributed by atoms with Crippen molar-refractivity contribution in [1.82, 2.24) is 5.43 Å². The number of para-hydroxylation sites is 1. The Balaban J connectivity index is 2.09. The van der Waals surface area contributed by atoms with Gasteiger partial charge in [-0.25, -0.2) is 18.2 Å². The van der Waals surface area contributed by atoms with E-state index in [9.17, 15) is 17.6 Å². The zero-order valence-corrected chi connectivity index (χ0v) is 17.8. The number of sulfonamides is 1. The van der Waals surface area contributed by atoms with E-state index in [-0.39, 0.29) is 5.69 Å². The molecule has 2 aromatic rings. The van der Waals surface area contributed by atoms with Gasteiger partial charge < -0.3 is 9.47 Å². The molecule has 0 spiro atoms. The molecule has 0 aromatic heterocycles. The zero-order valence-electron chi connectivity index (χ0n) is 17.0. The molecule has 0 unspecified atom stereocenters. The lowest BCUT2D eigenvalue weighted by Crippen LogP contribution is -2.39. The Bertz CT molecular complexity index is 1010. The largest absolute Gasteiger partial charge is 0.490 e. The van der Waals surface area contributed by atoms with Gasteiger partial charge in [0.2, 0.25) is 10.0 Å². The van der Waals surface area contributed by atoms with E-state index in [1.54, 1.807) is 18.2 Å². The summed E-state index contributed by atoms with van der Waals surface area (Å²) in [6.45, 7) is 4.03. The van der Waals surface area contributed by atoms with Crippen LogP contribution in [0.1, 0.15) is 19.4 Å². The number of halogens is 1. The maximum Gasteiger partial charge on any atom is 0.260 e. The molecule has 0 aliphatic rings. The van der Waals surface area contributed by atoms with Gasteiger partial charge in [-0.2, -0.15) is 5.10 Å². The number of amides is 1. The van der Waals surface area contributed by atoms with E-state index in [4.69, 9.17) is 9.47 Å². The number of carbonyl (C=O) groups excluding carboxylic acids is 1.